The molecular weight excluding hydrogens is 366 g/mol. The Hall–Kier alpha value is -1.43. The molecule has 2 rings (SSSR count). The summed E-state index contributed by atoms with van der Waals surface area (Å²) in [6.45, 7) is 6.91. The molecule has 1 heterocycles. The number of aromatic nitrogens is 2. The van der Waals surface area contributed by atoms with Gasteiger partial charge in [-0.05, 0) is 0 Å². The summed E-state index contributed by atoms with van der Waals surface area (Å²) in [4.78, 5) is 3.35. The second-order valence-corrected chi connectivity index (χ2v) is 2.90. The summed E-state index contributed by atoms with van der Waals surface area (Å²) in [6, 6.07) is 12.4. The molecule has 0 N–H and O–H groups in total. The van der Waals surface area contributed by atoms with Crippen LogP contribution >= 0.6 is 0 Å². The monoisotopic (exact) mass is 375 g/mol. The Kier molecular flexibility index (Phi) is 3.79. The zero-order chi connectivity index (χ0) is 9.97. The van der Waals surface area contributed by atoms with E-state index in [1.807, 2.05) is 24.3 Å². The summed E-state index contributed by atoms with van der Waals surface area (Å²) in [5.41, 5.74) is 1.71. The van der Waals surface area contributed by atoms with Crippen molar-refractivity contribution in [2.45, 2.75) is 0 Å². The molecule has 0 saturated heterocycles. The van der Waals surface area contributed by atoms with Crippen molar-refractivity contribution in [1.29, 1.82) is 0 Å². The molecule has 15 heavy (non-hydrogen) atoms. The molecular formula is C11H8IrN3-. The zero-order valence-corrected chi connectivity index (χ0v) is 10.5. The zero-order valence-electron chi connectivity index (χ0n) is 8.06. The number of hydrogen-bond acceptors (Lipinski definition) is 1. The van der Waals surface area contributed by atoms with Crippen LogP contribution in [0, 0.1) is 12.6 Å². The van der Waals surface area contributed by atoms with Gasteiger partial charge in [-0.3, -0.25) is 0 Å². The van der Waals surface area contributed by atoms with Gasteiger partial charge in [0.05, 0.1) is 7.05 Å². The molecule has 0 aliphatic carbocycles. The van der Waals surface area contributed by atoms with Gasteiger partial charge in [0.1, 0.15) is 0 Å². The van der Waals surface area contributed by atoms with E-state index in [4.69, 9.17) is 6.57 Å². The Bertz CT molecular complexity index is 482. The third-order valence-corrected chi connectivity index (χ3v) is 1.95. The molecule has 0 aliphatic heterocycles. The van der Waals surface area contributed by atoms with Gasteiger partial charge in [0.2, 0.25) is 5.82 Å². The third kappa shape index (κ3) is 2.33. The normalized spacial score (nSPS) is 9.07. The van der Waals surface area contributed by atoms with Crippen molar-refractivity contribution < 1.29 is 20.1 Å². The topological polar surface area (TPSA) is 22.2 Å². The number of benzene rings is 1. The SMILES string of the molecule is [C-]#[N+]c1cc(-c2[c-]cccc2)nn1C.[Ir]. The minimum Gasteiger partial charge on any atom is -0.363 e. The number of hydrogen-bond donors (Lipinski definition) is 0. The molecule has 0 saturated carbocycles. The summed E-state index contributed by atoms with van der Waals surface area (Å²) < 4.78 is 1.57. The molecule has 0 unspecified atom stereocenters. The Morgan fingerprint density at radius 3 is 2.80 bits per heavy atom. The smallest absolute Gasteiger partial charge is 0.242 e. The molecule has 1 aromatic heterocycles. The van der Waals surface area contributed by atoms with Gasteiger partial charge in [-0.1, -0.05) is 12.6 Å². The second kappa shape index (κ2) is 4.88. The van der Waals surface area contributed by atoms with Gasteiger partial charge in [0.15, 0.2) is 0 Å². The van der Waals surface area contributed by atoms with Crippen molar-refractivity contribution in [1.82, 2.24) is 9.78 Å². The Balaban J connectivity index is 0.00000112. The summed E-state index contributed by atoms with van der Waals surface area (Å²) in [6.07, 6.45) is 0. The van der Waals surface area contributed by atoms with Crippen LogP contribution in [-0.4, -0.2) is 9.78 Å². The molecule has 2 aromatic rings. The van der Waals surface area contributed by atoms with Gasteiger partial charge in [0.25, 0.3) is 0 Å². The first-order valence-corrected chi connectivity index (χ1v) is 4.20. The van der Waals surface area contributed by atoms with Crippen molar-refractivity contribution in [2.24, 2.45) is 7.05 Å². The largest absolute Gasteiger partial charge is 0.363 e. The van der Waals surface area contributed by atoms with Gasteiger partial charge < -0.3 is 4.85 Å². The van der Waals surface area contributed by atoms with Gasteiger partial charge >= 0.3 is 0 Å². The van der Waals surface area contributed by atoms with Crippen molar-refractivity contribution in [3.8, 4) is 11.3 Å². The van der Waals surface area contributed by atoms with Crippen LogP contribution in [0.3, 0.4) is 0 Å². The maximum atomic E-state index is 6.91. The summed E-state index contributed by atoms with van der Waals surface area (Å²) in [7, 11) is 1.76. The maximum absolute atomic E-state index is 6.91. The molecule has 0 aliphatic rings. The molecule has 0 bridgehead atoms. The quantitative estimate of drug-likeness (QED) is 0.703. The minimum atomic E-state index is 0. The molecule has 0 amide bonds. The predicted octanol–water partition coefficient (Wildman–Crippen LogP) is 2.44. The fourth-order valence-electron chi connectivity index (χ4n) is 1.25. The Labute approximate surface area is 102 Å². The van der Waals surface area contributed by atoms with Crippen molar-refractivity contribution in [3.63, 3.8) is 0 Å². The maximum Gasteiger partial charge on any atom is 0.242 e. The fourth-order valence-corrected chi connectivity index (χ4v) is 1.25. The first kappa shape index (κ1) is 11.6. The predicted molar refractivity (Wildman–Crippen MR) is 53.7 cm³/mol. The average Bonchev–Trinajstić information content (AvgIpc) is 2.61. The molecule has 0 atom stereocenters. The van der Waals surface area contributed by atoms with Gasteiger partial charge in [-0.15, -0.1) is 35.9 Å². The minimum absolute atomic E-state index is 0. The third-order valence-electron chi connectivity index (χ3n) is 1.95. The fraction of sp³-hybridized carbons (Fsp3) is 0.0909. The standard InChI is InChI=1S/C11H8N3.Ir/c1-12-11-8-10(13-14(11)2)9-6-4-3-5-7-9;/h3-6,8H,2H3;/q-1;. The second-order valence-electron chi connectivity index (χ2n) is 2.90. The van der Waals surface area contributed by atoms with Crippen molar-refractivity contribution in [3.05, 3.63) is 47.8 Å². The van der Waals surface area contributed by atoms with Crippen LogP contribution in [-0.2, 0) is 27.2 Å². The van der Waals surface area contributed by atoms with Crippen LogP contribution in [0.1, 0.15) is 0 Å². The summed E-state index contributed by atoms with van der Waals surface area (Å²) in [5.74, 6) is 0.539. The van der Waals surface area contributed by atoms with Gasteiger partial charge in [-0.25, -0.2) is 4.68 Å². The average molecular weight is 374 g/mol. The van der Waals surface area contributed by atoms with E-state index in [1.165, 1.54) is 0 Å². The van der Waals surface area contributed by atoms with E-state index in [9.17, 15) is 0 Å². The van der Waals surface area contributed by atoms with Crippen LogP contribution < -0.4 is 0 Å². The number of rotatable bonds is 1. The molecule has 1 radical (unpaired) electrons. The Morgan fingerprint density at radius 2 is 2.27 bits per heavy atom. The van der Waals surface area contributed by atoms with E-state index in [0.29, 0.717) is 5.82 Å². The molecule has 1 aromatic carbocycles. The first-order valence-electron chi connectivity index (χ1n) is 4.20. The van der Waals surface area contributed by atoms with Gasteiger partial charge in [-0.2, -0.15) is 5.10 Å². The van der Waals surface area contributed by atoms with Crippen molar-refractivity contribution in [2.75, 3.05) is 0 Å². The van der Waals surface area contributed by atoms with Crippen LogP contribution in [0.2, 0.25) is 0 Å². The van der Waals surface area contributed by atoms with Crippen LogP contribution in [0.4, 0.5) is 5.82 Å². The molecule has 3 nitrogen and oxygen atoms in total. The molecule has 4 heteroatoms. The van der Waals surface area contributed by atoms with E-state index < -0.39 is 0 Å². The van der Waals surface area contributed by atoms with Crippen LogP contribution in [0.15, 0.2) is 30.3 Å². The van der Waals surface area contributed by atoms with E-state index in [1.54, 1.807) is 17.8 Å². The molecule has 0 spiro atoms. The number of nitrogens with zero attached hydrogens (tertiary/aromatic N) is 3. The van der Waals surface area contributed by atoms with E-state index in [-0.39, 0.29) is 20.1 Å². The van der Waals surface area contributed by atoms with Crippen LogP contribution in [0.5, 0.6) is 0 Å². The molecule has 0 fully saturated rings. The summed E-state index contributed by atoms with van der Waals surface area (Å²) >= 11 is 0. The van der Waals surface area contributed by atoms with Crippen LogP contribution in [0.25, 0.3) is 16.1 Å². The Morgan fingerprint density at radius 1 is 1.47 bits per heavy atom. The summed E-state index contributed by atoms with van der Waals surface area (Å²) in [5, 5.41) is 4.22. The van der Waals surface area contributed by atoms with Crippen molar-refractivity contribution >= 4 is 5.82 Å². The van der Waals surface area contributed by atoms with E-state index in [0.717, 1.165) is 11.3 Å². The van der Waals surface area contributed by atoms with Gasteiger partial charge in [0, 0.05) is 25.8 Å². The number of aryl methyl sites for hydroxylation is 1. The van der Waals surface area contributed by atoms with E-state index >= 15 is 0 Å². The first-order chi connectivity index (χ1) is 6.81. The molecule has 77 valence electrons. The van der Waals surface area contributed by atoms with E-state index in [2.05, 4.69) is 16.0 Å².